The number of aromatic nitrogens is 2. The van der Waals surface area contributed by atoms with Gasteiger partial charge < -0.3 is 9.31 Å². The van der Waals surface area contributed by atoms with E-state index in [1.54, 1.807) is 0 Å². The van der Waals surface area contributed by atoms with Crippen molar-refractivity contribution in [2.24, 2.45) is 0 Å². The van der Waals surface area contributed by atoms with Gasteiger partial charge >= 0.3 is 7.12 Å². The highest BCUT2D eigenvalue weighted by atomic mass is 16.7. The number of rotatable bonds is 1. The Balaban J connectivity index is 2.35. The molecular weight excluding hydrogens is 215 g/mol. The molecule has 0 radical (unpaired) electrons. The van der Waals surface area contributed by atoms with E-state index in [4.69, 9.17) is 9.31 Å². The van der Waals surface area contributed by atoms with Crippen LogP contribution in [0.5, 0.6) is 0 Å². The van der Waals surface area contributed by atoms with Gasteiger partial charge in [-0.2, -0.15) is 10.2 Å². The normalized spacial score (nSPS) is 21.9. The molecule has 1 aromatic rings. The molecule has 0 N–H and O–H groups in total. The summed E-state index contributed by atoms with van der Waals surface area (Å²) in [5.74, 6) is 0. The van der Waals surface area contributed by atoms with E-state index in [1.807, 2.05) is 47.6 Å². The predicted octanol–water partition coefficient (Wildman–Crippen LogP) is 1.39. The van der Waals surface area contributed by atoms with E-state index in [1.165, 1.54) is 0 Å². The summed E-state index contributed by atoms with van der Waals surface area (Å²) in [6, 6.07) is 1.98. The second-order valence-electron chi connectivity index (χ2n) is 5.61. The first kappa shape index (κ1) is 12.5. The van der Waals surface area contributed by atoms with Crippen LogP contribution >= 0.6 is 0 Å². The molecule has 0 amide bonds. The molecule has 0 saturated carbocycles. The Labute approximate surface area is 103 Å². The molecule has 1 aromatic heterocycles. The van der Waals surface area contributed by atoms with Crippen molar-refractivity contribution in [1.29, 1.82) is 0 Å². The molecule has 1 saturated heterocycles. The Morgan fingerprint density at radius 1 is 1.00 bits per heavy atom. The SMILES string of the molecule is Cc1cc(B2OC(C)(C)C(C)(C)O2)c(C)nn1. The lowest BCUT2D eigenvalue weighted by Crippen LogP contribution is -2.41. The summed E-state index contributed by atoms with van der Waals surface area (Å²) in [6.07, 6.45) is 0. The molecule has 0 bridgehead atoms. The first-order chi connectivity index (χ1) is 7.73. The molecule has 5 heteroatoms. The topological polar surface area (TPSA) is 44.2 Å². The third-order valence-electron chi connectivity index (χ3n) is 3.65. The van der Waals surface area contributed by atoms with E-state index in [0.717, 1.165) is 16.9 Å². The molecule has 17 heavy (non-hydrogen) atoms. The molecule has 0 spiro atoms. The zero-order valence-corrected chi connectivity index (χ0v) is 11.4. The first-order valence-electron chi connectivity index (χ1n) is 5.89. The van der Waals surface area contributed by atoms with Crippen LogP contribution in [0.15, 0.2) is 6.07 Å². The molecule has 0 unspecified atom stereocenters. The lowest BCUT2D eigenvalue weighted by molar-refractivity contribution is 0.00578. The minimum atomic E-state index is -0.353. The Kier molecular flexibility index (Phi) is 2.79. The van der Waals surface area contributed by atoms with Crippen LogP contribution in [0.2, 0.25) is 0 Å². The first-order valence-corrected chi connectivity index (χ1v) is 5.89. The molecule has 2 heterocycles. The summed E-state index contributed by atoms with van der Waals surface area (Å²) >= 11 is 0. The van der Waals surface area contributed by atoms with Crippen molar-refractivity contribution in [3.63, 3.8) is 0 Å². The van der Waals surface area contributed by atoms with Gasteiger partial charge in [-0.15, -0.1) is 0 Å². The van der Waals surface area contributed by atoms with Crippen molar-refractivity contribution in [1.82, 2.24) is 10.2 Å². The van der Waals surface area contributed by atoms with E-state index in [2.05, 4.69) is 10.2 Å². The monoisotopic (exact) mass is 234 g/mol. The van der Waals surface area contributed by atoms with E-state index >= 15 is 0 Å². The van der Waals surface area contributed by atoms with Crippen molar-refractivity contribution in [3.8, 4) is 0 Å². The standard InChI is InChI=1S/C12H19BN2O2/c1-8-7-10(9(2)15-14-8)13-16-11(3,4)12(5,6)17-13/h7H,1-6H3. The summed E-state index contributed by atoms with van der Waals surface area (Å²) in [5, 5.41) is 8.13. The zero-order valence-electron chi connectivity index (χ0n) is 11.4. The lowest BCUT2D eigenvalue weighted by atomic mass is 9.78. The third kappa shape index (κ3) is 2.09. The van der Waals surface area contributed by atoms with Gasteiger partial charge in [0.25, 0.3) is 0 Å². The average molecular weight is 234 g/mol. The van der Waals surface area contributed by atoms with Crippen molar-refractivity contribution in [3.05, 3.63) is 17.5 Å². The van der Waals surface area contributed by atoms with Crippen LogP contribution in [-0.4, -0.2) is 28.5 Å². The Morgan fingerprint density at radius 2 is 1.53 bits per heavy atom. The number of hydrogen-bond donors (Lipinski definition) is 0. The molecule has 1 aliphatic rings. The highest BCUT2D eigenvalue weighted by molar-refractivity contribution is 6.62. The summed E-state index contributed by atoms with van der Waals surface area (Å²) in [6.45, 7) is 12.0. The highest BCUT2D eigenvalue weighted by Gasteiger charge is 2.52. The maximum atomic E-state index is 6.00. The maximum Gasteiger partial charge on any atom is 0.496 e. The Morgan fingerprint density at radius 3 is 2.06 bits per heavy atom. The minimum Gasteiger partial charge on any atom is -0.399 e. The lowest BCUT2D eigenvalue weighted by Gasteiger charge is -2.32. The summed E-state index contributed by atoms with van der Waals surface area (Å²) in [4.78, 5) is 0. The number of nitrogens with zero attached hydrogens (tertiary/aromatic N) is 2. The van der Waals surface area contributed by atoms with Crippen LogP contribution in [0.1, 0.15) is 39.1 Å². The molecule has 1 aliphatic heterocycles. The Hall–Kier alpha value is -0.935. The second-order valence-corrected chi connectivity index (χ2v) is 5.61. The molecular formula is C12H19BN2O2. The summed E-state index contributed by atoms with van der Waals surface area (Å²) in [7, 11) is -0.353. The second kappa shape index (κ2) is 3.78. The van der Waals surface area contributed by atoms with Gasteiger partial charge in [-0.25, -0.2) is 0 Å². The van der Waals surface area contributed by atoms with Crippen LogP contribution < -0.4 is 5.46 Å². The van der Waals surface area contributed by atoms with Crippen LogP contribution in [0.25, 0.3) is 0 Å². The molecule has 0 aromatic carbocycles. The van der Waals surface area contributed by atoms with Crippen molar-refractivity contribution >= 4 is 12.6 Å². The van der Waals surface area contributed by atoms with Gasteiger partial charge in [0.2, 0.25) is 0 Å². The summed E-state index contributed by atoms with van der Waals surface area (Å²) < 4.78 is 12.0. The smallest absolute Gasteiger partial charge is 0.399 e. The number of aryl methyl sites for hydroxylation is 2. The molecule has 92 valence electrons. The van der Waals surface area contributed by atoms with Gasteiger partial charge in [0.1, 0.15) is 0 Å². The van der Waals surface area contributed by atoms with E-state index in [0.29, 0.717) is 0 Å². The van der Waals surface area contributed by atoms with Gasteiger partial charge in [-0.05, 0) is 47.6 Å². The molecule has 0 atom stereocenters. The zero-order chi connectivity index (χ0) is 12.8. The van der Waals surface area contributed by atoms with Crippen molar-refractivity contribution < 1.29 is 9.31 Å². The number of hydrogen-bond acceptors (Lipinski definition) is 4. The van der Waals surface area contributed by atoms with Gasteiger partial charge in [-0.3, -0.25) is 0 Å². The van der Waals surface area contributed by atoms with Gasteiger partial charge in [0.15, 0.2) is 0 Å². The molecule has 4 nitrogen and oxygen atoms in total. The van der Waals surface area contributed by atoms with Crippen LogP contribution in [0, 0.1) is 13.8 Å². The molecule has 2 rings (SSSR count). The largest absolute Gasteiger partial charge is 0.496 e. The minimum absolute atomic E-state index is 0.318. The maximum absolute atomic E-state index is 6.00. The Bertz CT molecular complexity index is 430. The highest BCUT2D eigenvalue weighted by Crippen LogP contribution is 2.36. The molecule has 1 fully saturated rings. The summed E-state index contributed by atoms with van der Waals surface area (Å²) in [5.41, 5.74) is 2.06. The van der Waals surface area contributed by atoms with Gasteiger partial charge in [-0.1, -0.05) is 0 Å². The van der Waals surface area contributed by atoms with Gasteiger partial charge in [0.05, 0.1) is 22.6 Å². The quantitative estimate of drug-likeness (QED) is 0.689. The van der Waals surface area contributed by atoms with Crippen LogP contribution in [-0.2, 0) is 9.31 Å². The third-order valence-corrected chi connectivity index (χ3v) is 3.65. The van der Waals surface area contributed by atoms with E-state index in [9.17, 15) is 0 Å². The fraction of sp³-hybridized carbons (Fsp3) is 0.667. The average Bonchev–Trinajstić information content (AvgIpc) is 2.40. The fourth-order valence-corrected chi connectivity index (χ4v) is 1.78. The van der Waals surface area contributed by atoms with Crippen LogP contribution in [0.3, 0.4) is 0 Å². The van der Waals surface area contributed by atoms with E-state index < -0.39 is 0 Å². The van der Waals surface area contributed by atoms with Crippen LogP contribution in [0.4, 0.5) is 0 Å². The fourth-order valence-electron chi connectivity index (χ4n) is 1.78. The van der Waals surface area contributed by atoms with E-state index in [-0.39, 0.29) is 18.3 Å². The van der Waals surface area contributed by atoms with Crippen molar-refractivity contribution in [2.75, 3.05) is 0 Å². The van der Waals surface area contributed by atoms with Gasteiger partial charge in [0, 0.05) is 5.46 Å². The predicted molar refractivity (Wildman–Crippen MR) is 67.2 cm³/mol. The van der Waals surface area contributed by atoms with Crippen molar-refractivity contribution in [2.45, 2.75) is 52.7 Å². The molecule has 0 aliphatic carbocycles.